The van der Waals surface area contributed by atoms with E-state index in [1.165, 1.54) is 7.11 Å². The topological polar surface area (TPSA) is 110 Å². The van der Waals surface area contributed by atoms with Crippen molar-refractivity contribution < 1.29 is 24.2 Å². The summed E-state index contributed by atoms with van der Waals surface area (Å²) in [4.78, 5) is 29.2. The quantitative estimate of drug-likeness (QED) is 0.242. The van der Waals surface area contributed by atoms with Gasteiger partial charge >= 0.3 is 5.97 Å². The summed E-state index contributed by atoms with van der Waals surface area (Å²) in [6, 6.07) is 23.7. The first kappa shape index (κ1) is 27.6. The number of hydrogen-bond acceptors (Lipinski definition) is 7. The van der Waals surface area contributed by atoms with Gasteiger partial charge in [0.05, 0.1) is 38.6 Å². The zero-order valence-corrected chi connectivity index (χ0v) is 22.7. The summed E-state index contributed by atoms with van der Waals surface area (Å²) in [6.45, 7) is 0.312. The summed E-state index contributed by atoms with van der Waals surface area (Å²) in [5.74, 6) is -0.730. The number of nitrogens with zero attached hydrogens (tertiary/aromatic N) is 1. The van der Waals surface area contributed by atoms with E-state index in [-0.39, 0.29) is 24.7 Å². The van der Waals surface area contributed by atoms with E-state index in [9.17, 15) is 14.7 Å². The van der Waals surface area contributed by atoms with Gasteiger partial charge in [0.2, 0.25) is 5.91 Å². The third kappa shape index (κ3) is 6.80. The molecule has 5 rings (SSSR count). The second-order valence-corrected chi connectivity index (χ2v) is 9.70. The van der Waals surface area contributed by atoms with E-state index in [2.05, 4.69) is 21.7 Å². The molecule has 3 aromatic carbocycles. The molecule has 0 spiro atoms. The molecule has 0 saturated heterocycles. The number of rotatable bonds is 10. The van der Waals surface area contributed by atoms with Crippen molar-refractivity contribution in [2.45, 2.75) is 25.5 Å². The third-order valence-corrected chi connectivity index (χ3v) is 6.88. The monoisotopic (exact) mass is 549 g/mol. The Morgan fingerprint density at radius 2 is 1.76 bits per heavy atom. The first-order chi connectivity index (χ1) is 20.0. The molecule has 1 unspecified atom stereocenters. The number of aromatic hydroxyl groups is 1. The highest BCUT2D eigenvalue weighted by atomic mass is 16.5. The molecule has 208 valence electrons. The van der Waals surface area contributed by atoms with E-state index in [0.29, 0.717) is 17.7 Å². The number of fused-ring (bicyclic) bond motifs is 1. The van der Waals surface area contributed by atoms with Crippen molar-refractivity contribution in [1.29, 1.82) is 0 Å². The van der Waals surface area contributed by atoms with Crippen molar-refractivity contribution >= 4 is 23.3 Å². The van der Waals surface area contributed by atoms with Crippen LogP contribution in [0.3, 0.4) is 0 Å². The Labute approximate surface area is 238 Å². The summed E-state index contributed by atoms with van der Waals surface area (Å²) in [6.07, 6.45) is 6.42. The number of aromatic nitrogens is 1. The number of ether oxygens (including phenoxy) is 2. The molecule has 1 aliphatic heterocycles. The Kier molecular flexibility index (Phi) is 8.71. The SMILES string of the molecule is COC(=O)C(COCc1ccccc1)NC(=O)Cc1ccc(-c2cccc(C3=CCc4ccncc4N3)c2O)cc1. The highest BCUT2D eigenvalue weighted by Gasteiger charge is 2.22. The number of esters is 1. The van der Waals surface area contributed by atoms with Crippen LogP contribution < -0.4 is 10.6 Å². The van der Waals surface area contributed by atoms with Gasteiger partial charge in [-0.05, 0) is 40.8 Å². The highest BCUT2D eigenvalue weighted by molar-refractivity contribution is 5.88. The fourth-order valence-corrected chi connectivity index (χ4v) is 4.71. The van der Waals surface area contributed by atoms with Crippen LogP contribution >= 0.6 is 0 Å². The molecule has 0 bridgehead atoms. The lowest BCUT2D eigenvalue weighted by molar-refractivity contribution is -0.147. The molecule has 2 heterocycles. The van der Waals surface area contributed by atoms with Crippen LogP contribution in [0, 0.1) is 0 Å². The largest absolute Gasteiger partial charge is 0.507 e. The minimum atomic E-state index is -0.916. The lowest BCUT2D eigenvalue weighted by atomic mass is 9.96. The maximum atomic E-state index is 12.8. The number of methoxy groups -OCH3 is 1. The molecule has 8 heteroatoms. The maximum Gasteiger partial charge on any atom is 0.330 e. The van der Waals surface area contributed by atoms with E-state index < -0.39 is 12.0 Å². The van der Waals surface area contributed by atoms with E-state index in [1.54, 1.807) is 12.4 Å². The van der Waals surface area contributed by atoms with Crippen LogP contribution in [0.15, 0.2) is 97.3 Å². The average Bonchev–Trinajstić information content (AvgIpc) is 3.01. The number of anilines is 1. The molecule has 1 aromatic heterocycles. The van der Waals surface area contributed by atoms with Gasteiger partial charge in [0.15, 0.2) is 6.04 Å². The minimum Gasteiger partial charge on any atom is -0.507 e. The van der Waals surface area contributed by atoms with E-state index in [4.69, 9.17) is 9.47 Å². The third-order valence-electron chi connectivity index (χ3n) is 6.88. The number of carbonyl (C=O) groups excluding carboxylic acids is 2. The fourth-order valence-electron chi connectivity index (χ4n) is 4.71. The zero-order chi connectivity index (χ0) is 28.6. The number of amides is 1. The summed E-state index contributed by atoms with van der Waals surface area (Å²) < 4.78 is 10.5. The summed E-state index contributed by atoms with van der Waals surface area (Å²) in [7, 11) is 1.28. The van der Waals surface area contributed by atoms with Crippen molar-refractivity contribution in [3.63, 3.8) is 0 Å². The van der Waals surface area contributed by atoms with Gasteiger partial charge in [-0.25, -0.2) is 4.79 Å². The molecular weight excluding hydrogens is 518 g/mol. The van der Waals surface area contributed by atoms with E-state index in [1.807, 2.05) is 78.9 Å². The van der Waals surface area contributed by atoms with Crippen molar-refractivity contribution in [3.05, 3.63) is 120 Å². The van der Waals surface area contributed by atoms with Gasteiger partial charge in [0, 0.05) is 23.0 Å². The molecule has 0 aliphatic carbocycles. The number of pyridine rings is 1. The van der Waals surface area contributed by atoms with Gasteiger partial charge in [-0.3, -0.25) is 9.78 Å². The van der Waals surface area contributed by atoms with Crippen molar-refractivity contribution in [1.82, 2.24) is 10.3 Å². The van der Waals surface area contributed by atoms with Crippen molar-refractivity contribution in [2.24, 2.45) is 0 Å². The minimum absolute atomic E-state index is 0.00471. The van der Waals surface area contributed by atoms with E-state index in [0.717, 1.165) is 40.1 Å². The molecule has 1 atom stereocenters. The highest BCUT2D eigenvalue weighted by Crippen LogP contribution is 2.38. The van der Waals surface area contributed by atoms with Gasteiger partial charge in [0.25, 0.3) is 0 Å². The zero-order valence-electron chi connectivity index (χ0n) is 22.7. The van der Waals surface area contributed by atoms with Gasteiger partial charge in [-0.15, -0.1) is 0 Å². The summed E-state index contributed by atoms with van der Waals surface area (Å²) in [5.41, 5.74) is 6.82. The summed E-state index contributed by atoms with van der Waals surface area (Å²) >= 11 is 0. The van der Waals surface area contributed by atoms with Crippen molar-refractivity contribution in [3.8, 4) is 16.9 Å². The second kappa shape index (κ2) is 12.9. The smallest absolute Gasteiger partial charge is 0.330 e. The Bertz CT molecular complexity index is 1550. The molecule has 0 saturated carbocycles. The first-order valence-electron chi connectivity index (χ1n) is 13.3. The molecule has 4 aromatic rings. The number of benzene rings is 3. The number of phenols is 1. The number of para-hydroxylation sites is 1. The first-order valence-corrected chi connectivity index (χ1v) is 13.3. The molecule has 41 heavy (non-hydrogen) atoms. The lowest BCUT2D eigenvalue weighted by Crippen LogP contribution is -2.45. The molecule has 1 amide bonds. The van der Waals surface area contributed by atoms with Crippen LogP contribution in [-0.4, -0.2) is 41.7 Å². The summed E-state index contributed by atoms with van der Waals surface area (Å²) in [5, 5.41) is 17.2. The van der Waals surface area contributed by atoms with Gasteiger partial charge in [0.1, 0.15) is 5.75 Å². The Balaban J connectivity index is 1.22. The Hall–Kier alpha value is -4.95. The van der Waals surface area contributed by atoms with Crippen LogP contribution in [0.4, 0.5) is 5.69 Å². The standard InChI is InChI=1S/C33H31N3O5/c1-40-33(39)30(21-41-20-23-6-3-2-4-7-23)36-31(37)18-22-10-12-24(13-11-22)26-8-5-9-27(32(26)38)28-15-14-25-16-17-34-19-29(25)35-28/h2-13,15-17,19,30,35,38H,14,18,20-21H2,1H3,(H,36,37). The van der Waals surface area contributed by atoms with Gasteiger partial charge in [-0.1, -0.05) is 72.8 Å². The second-order valence-electron chi connectivity index (χ2n) is 9.70. The van der Waals surface area contributed by atoms with Crippen LogP contribution in [0.5, 0.6) is 5.75 Å². The van der Waals surface area contributed by atoms with Crippen LogP contribution in [0.2, 0.25) is 0 Å². The number of hydrogen-bond donors (Lipinski definition) is 3. The Morgan fingerprint density at radius 3 is 2.54 bits per heavy atom. The molecule has 0 radical (unpaired) electrons. The van der Waals surface area contributed by atoms with Gasteiger partial charge in [-0.2, -0.15) is 0 Å². The molecule has 3 N–H and O–H groups in total. The van der Waals surface area contributed by atoms with Crippen LogP contribution in [-0.2, 0) is 38.5 Å². The number of nitrogens with one attached hydrogen (secondary N) is 2. The number of phenolic OH excluding ortho intramolecular Hbond substituents is 1. The molecule has 1 aliphatic rings. The number of carbonyl (C=O) groups is 2. The van der Waals surface area contributed by atoms with Crippen LogP contribution in [0.25, 0.3) is 16.8 Å². The molecule has 0 fully saturated rings. The Morgan fingerprint density at radius 1 is 0.976 bits per heavy atom. The predicted octanol–water partition coefficient (Wildman–Crippen LogP) is 4.88. The lowest BCUT2D eigenvalue weighted by Gasteiger charge is -2.20. The normalized spacial score (nSPS) is 12.9. The fraction of sp³-hybridized carbons (Fsp3) is 0.182. The van der Waals surface area contributed by atoms with E-state index >= 15 is 0 Å². The average molecular weight is 550 g/mol. The number of allylic oxidation sites excluding steroid dienone is 1. The van der Waals surface area contributed by atoms with Crippen LogP contribution in [0.1, 0.15) is 22.3 Å². The van der Waals surface area contributed by atoms with Crippen molar-refractivity contribution in [2.75, 3.05) is 19.0 Å². The predicted molar refractivity (Wildman–Crippen MR) is 157 cm³/mol. The van der Waals surface area contributed by atoms with Gasteiger partial charge < -0.3 is 25.2 Å². The molecule has 8 nitrogen and oxygen atoms in total. The molecular formula is C33H31N3O5. The maximum absolute atomic E-state index is 12.8.